The lowest BCUT2D eigenvalue weighted by Crippen LogP contribution is -2.28. The number of hydrazine groups is 1. The molecule has 2 aromatic rings. The first-order valence-corrected chi connectivity index (χ1v) is 7.55. The average Bonchev–Trinajstić information content (AvgIpc) is 2.86. The van der Waals surface area contributed by atoms with Gasteiger partial charge in [-0.25, -0.2) is 5.43 Å². The molecule has 3 rings (SSSR count). The van der Waals surface area contributed by atoms with Crippen LogP contribution < -0.4 is 20.7 Å². The maximum atomic E-state index is 5.69. The Morgan fingerprint density at radius 1 is 1.21 bits per heavy atom. The Morgan fingerprint density at radius 3 is 2.68 bits per heavy atom. The molecule has 2 heterocycles. The molecule has 0 saturated carbocycles. The van der Waals surface area contributed by atoms with Gasteiger partial charge in [-0.2, -0.15) is 0 Å². The molecule has 100 valence electrons. The molecule has 0 bridgehead atoms. The Balaban J connectivity index is 1.95. The van der Waals surface area contributed by atoms with Crippen LogP contribution in [0.25, 0.3) is 0 Å². The molecule has 1 aliphatic rings. The normalized spacial score (nSPS) is 15.3. The van der Waals surface area contributed by atoms with Crippen LogP contribution in [0.5, 0.6) is 11.5 Å². The second kappa shape index (κ2) is 5.50. The summed E-state index contributed by atoms with van der Waals surface area (Å²) in [6.45, 7) is 1.19. The van der Waals surface area contributed by atoms with Crippen molar-refractivity contribution in [1.29, 1.82) is 0 Å². The lowest BCUT2D eigenvalue weighted by Gasteiger charge is -2.21. The standard InChI is InChI=1S/C13H13BrN2O2S/c14-9-6-12(19-7-9)13(16-15)8-1-2-10-11(5-8)18-4-3-17-10/h1-2,5-7,13,16H,3-4,15H2. The van der Waals surface area contributed by atoms with Gasteiger partial charge >= 0.3 is 0 Å². The van der Waals surface area contributed by atoms with E-state index in [0.29, 0.717) is 13.2 Å². The van der Waals surface area contributed by atoms with Gasteiger partial charge < -0.3 is 9.47 Å². The fourth-order valence-corrected chi connectivity index (χ4v) is 3.59. The number of rotatable bonds is 3. The molecule has 0 radical (unpaired) electrons. The van der Waals surface area contributed by atoms with Crippen molar-refractivity contribution in [2.24, 2.45) is 5.84 Å². The van der Waals surface area contributed by atoms with Crippen LogP contribution in [-0.2, 0) is 0 Å². The summed E-state index contributed by atoms with van der Waals surface area (Å²) < 4.78 is 12.2. The lowest BCUT2D eigenvalue weighted by molar-refractivity contribution is 0.171. The molecular formula is C13H13BrN2O2S. The van der Waals surface area contributed by atoms with E-state index in [2.05, 4.69) is 27.4 Å². The summed E-state index contributed by atoms with van der Waals surface area (Å²) >= 11 is 5.11. The van der Waals surface area contributed by atoms with Gasteiger partial charge in [-0.3, -0.25) is 5.84 Å². The maximum absolute atomic E-state index is 5.69. The van der Waals surface area contributed by atoms with Gasteiger partial charge in [0.25, 0.3) is 0 Å². The van der Waals surface area contributed by atoms with E-state index < -0.39 is 0 Å². The van der Waals surface area contributed by atoms with Crippen LogP contribution >= 0.6 is 27.3 Å². The summed E-state index contributed by atoms with van der Waals surface area (Å²) in [7, 11) is 0. The fraction of sp³-hybridized carbons (Fsp3) is 0.231. The van der Waals surface area contributed by atoms with Crippen molar-refractivity contribution in [3.63, 3.8) is 0 Å². The summed E-state index contributed by atoms with van der Waals surface area (Å²) in [4.78, 5) is 1.14. The van der Waals surface area contributed by atoms with E-state index in [0.717, 1.165) is 26.4 Å². The van der Waals surface area contributed by atoms with Crippen molar-refractivity contribution < 1.29 is 9.47 Å². The third-order valence-electron chi connectivity index (χ3n) is 2.94. The van der Waals surface area contributed by atoms with Crippen LogP contribution in [0.3, 0.4) is 0 Å². The number of thiophene rings is 1. The van der Waals surface area contributed by atoms with Gasteiger partial charge in [-0.1, -0.05) is 6.07 Å². The molecule has 4 nitrogen and oxygen atoms in total. The van der Waals surface area contributed by atoms with Crippen LogP contribution in [-0.4, -0.2) is 13.2 Å². The van der Waals surface area contributed by atoms with Crippen LogP contribution in [0.1, 0.15) is 16.5 Å². The van der Waals surface area contributed by atoms with Crippen molar-refractivity contribution in [1.82, 2.24) is 5.43 Å². The van der Waals surface area contributed by atoms with E-state index in [1.807, 2.05) is 23.6 Å². The second-order valence-corrected chi connectivity index (χ2v) is 6.03. The molecule has 1 aliphatic heterocycles. The van der Waals surface area contributed by atoms with Crippen molar-refractivity contribution in [2.45, 2.75) is 6.04 Å². The number of hydrogen-bond acceptors (Lipinski definition) is 5. The van der Waals surface area contributed by atoms with Crippen molar-refractivity contribution >= 4 is 27.3 Å². The number of fused-ring (bicyclic) bond motifs is 1. The Morgan fingerprint density at radius 2 is 2.00 bits per heavy atom. The zero-order chi connectivity index (χ0) is 13.2. The molecule has 6 heteroatoms. The Bertz CT molecular complexity index is 588. The van der Waals surface area contributed by atoms with Crippen molar-refractivity contribution in [3.05, 3.63) is 44.6 Å². The highest BCUT2D eigenvalue weighted by atomic mass is 79.9. The van der Waals surface area contributed by atoms with Gasteiger partial charge in [0.1, 0.15) is 13.2 Å². The maximum Gasteiger partial charge on any atom is 0.161 e. The summed E-state index contributed by atoms with van der Waals surface area (Å²) in [5, 5.41) is 2.04. The number of ether oxygens (including phenoxy) is 2. The van der Waals surface area contributed by atoms with Crippen molar-refractivity contribution in [2.75, 3.05) is 13.2 Å². The molecule has 19 heavy (non-hydrogen) atoms. The highest BCUT2D eigenvalue weighted by Gasteiger charge is 2.18. The molecule has 0 saturated heterocycles. The minimum absolute atomic E-state index is 0.0490. The molecule has 1 aromatic heterocycles. The van der Waals surface area contributed by atoms with E-state index in [-0.39, 0.29) is 6.04 Å². The minimum Gasteiger partial charge on any atom is -0.486 e. The largest absolute Gasteiger partial charge is 0.486 e. The molecule has 1 unspecified atom stereocenters. The second-order valence-electron chi connectivity index (χ2n) is 4.17. The Labute approximate surface area is 123 Å². The predicted molar refractivity (Wildman–Crippen MR) is 78.6 cm³/mol. The van der Waals surface area contributed by atoms with Crippen LogP contribution in [0.4, 0.5) is 0 Å². The van der Waals surface area contributed by atoms with E-state index in [1.54, 1.807) is 11.3 Å². The number of nitrogens with two attached hydrogens (primary N) is 1. The molecule has 3 N–H and O–H groups in total. The molecular weight excluding hydrogens is 328 g/mol. The first-order chi connectivity index (χ1) is 9.28. The summed E-state index contributed by atoms with van der Waals surface area (Å²) in [5.74, 6) is 7.26. The van der Waals surface area contributed by atoms with Crippen LogP contribution in [0.2, 0.25) is 0 Å². The number of hydrogen-bond donors (Lipinski definition) is 2. The molecule has 0 fully saturated rings. The highest BCUT2D eigenvalue weighted by molar-refractivity contribution is 9.10. The van der Waals surface area contributed by atoms with E-state index >= 15 is 0 Å². The first-order valence-electron chi connectivity index (χ1n) is 5.87. The summed E-state index contributed by atoms with van der Waals surface area (Å²) in [6, 6.07) is 7.92. The quantitative estimate of drug-likeness (QED) is 0.666. The number of halogens is 1. The fourth-order valence-electron chi connectivity index (χ4n) is 2.06. The summed E-state index contributed by atoms with van der Waals surface area (Å²) in [5.41, 5.74) is 3.90. The van der Waals surface area contributed by atoms with Gasteiger partial charge in [0.15, 0.2) is 11.5 Å². The minimum atomic E-state index is -0.0490. The van der Waals surface area contributed by atoms with Gasteiger partial charge in [0.05, 0.1) is 6.04 Å². The zero-order valence-electron chi connectivity index (χ0n) is 10.1. The van der Waals surface area contributed by atoms with Gasteiger partial charge in [-0.15, -0.1) is 11.3 Å². The van der Waals surface area contributed by atoms with Crippen LogP contribution in [0, 0.1) is 0 Å². The van der Waals surface area contributed by atoms with E-state index in [1.165, 1.54) is 0 Å². The highest BCUT2D eigenvalue weighted by Crippen LogP contribution is 2.36. The summed E-state index contributed by atoms with van der Waals surface area (Å²) in [6.07, 6.45) is 0. The first kappa shape index (κ1) is 12.9. The molecule has 1 aromatic carbocycles. The van der Waals surface area contributed by atoms with Gasteiger partial charge in [0.2, 0.25) is 0 Å². The third kappa shape index (κ3) is 2.62. The molecule has 0 spiro atoms. The van der Waals surface area contributed by atoms with Crippen LogP contribution in [0.15, 0.2) is 34.1 Å². The Hall–Kier alpha value is -1.08. The van der Waals surface area contributed by atoms with Crippen molar-refractivity contribution in [3.8, 4) is 11.5 Å². The molecule has 0 aliphatic carbocycles. The smallest absolute Gasteiger partial charge is 0.161 e. The van der Waals surface area contributed by atoms with Gasteiger partial charge in [0, 0.05) is 14.7 Å². The predicted octanol–water partition coefficient (Wildman–Crippen LogP) is 2.83. The number of benzene rings is 1. The SMILES string of the molecule is NNC(c1ccc2c(c1)OCCO2)c1cc(Br)cs1. The Kier molecular flexibility index (Phi) is 3.74. The average molecular weight is 341 g/mol. The number of nitrogens with one attached hydrogen (secondary N) is 1. The van der Waals surface area contributed by atoms with Gasteiger partial charge in [-0.05, 0) is 39.7 Å². The molecule has 0 amide bonds. The molecule has 1 atom stereocenters. The monoisotopic (exact) mass is 340 g/mol. The zero-order valence-corrected chi connectivity index (χ0v) is 12.5. The lowest BCUT2D eigenvalue weighted by atomic mass is 10.1. The topological polar surface area (TPSA) is 56.5 Å². The van der Waals surface area contributed by atoms with E-state index in [4.69, 9.17) is 15.3 Å². The van der Waals surface area contributed by atoms with E-state index in [9.17, 15) is 0 Å². The third-order valence-corrected chi connectivity index (χ3v) is 4.70.